The van der Waals surface area contributed by atoms with Crippen LogP contribution in [0.2, 0.25) is 0 Å². The van der Waals surface area contributed by atoms with Crippen molar-refractivity contribution in [1.29, 1.82) is 0 Å². The molecular weight excluding hydrogens is 273 g/mol. The van der Waals surface area contributed by atoms with Gasteiger partial charge in [0.2, 0.25) is 6.41 Å². The molecule has 0 bridgehead atoms. The molecule has 2 aromatic rings. The predicted molar refractivity (Wildman–Crippen MR) is 77.3 cm³/mol. The average Bonchev–Trinajstić information content (AvgIpc) is 2.53. The Labute approximate surface area is 121 Å². The minimum absolute atomic E-state index is 0.0210. The highest BCUT2D eigenvalue weighted by atomic mass is 19.1. The maximum atomic E-state index is 13.9. The van der Waals surface area contributed by atoms with Gasteiger partial charge in [-0.25, -0.2) is 4.39 Å². The second-order valence-corrected chi connectivity index (χ2v) is 4.44. The van der Waals surface area contributed by atoms with Crippen molar-refractivity contribution < 1.29 is 18.7 Å². The van der Waals surface area contributed by atoms with Gasteiger partial charge in [0, 0.05) is 24.4 Å². The molecule has 0 fully saturated rings. The molecule has 0 saturated carbocycles. The minimum atomic E-state index is -0.631. The number of hydrogen-bond donors (Lipinski definition) is 0. The molecule has 0 aliphatic heterocycles. The third kappa shape index (κ3) is 3.08. The van der Waals surface area contributed by atoms with Gasteiger partial charge >= 0.3 is 0 Å². The number of hydrogen-bond acceptors (Lipinski definition) is 3. The van der Waals surface area contributed by atoms with Gasteiger partial charge in [0.05, 0.1) is 12.7 Å². The van der Waals surface area contributed by atoms with E-state index in [0.29, 0.717) is 23.4 Å². The van der Waals surface area contributed by atoms with Crippen molar-refractivity contribution in [3.05, 3.63) is 59.4 Å². The molecule has 0 aliphatic rings. The van der Waals surface area contributed by atoms with E-state index in [1.54, 1.807) is 31.3 Å². The Morgan fingerprint density at radius 3 is 2.38 bits per heavy atom. The van der Waals surface area contributed by atoms with Gasteiger partial charge < -0.3 is 9.64 Å². The van der Waals surface area contributed by atoms with Crippen LogP contribution in [-0.2, 0) is 4.79 Å². The molecule has 0 atom stereocenters. The zero-order valence-electron chi connectivity index (χ0n) is 11.7. The van der Waals surface area contributed by atoms with Crippen LogP contribution in [0.1, 0.15) is 15.9 Å². The van der Waals surface area contributed by atoms with E-state index in [1.807, 2.05) is 0 Å². The Morgan fingerprint density at radius 2 is 1.86 bits per heavy atom. The molecule has 21 heavy (non-hydrogen) atoms. The first-order chi connectivity index (χ1) is 10.1. The molecule has 0 spiro atoms. The molecule has 0 N–H and O–H groups in total. The summed E-state index contributed by atoms with van der Waals surface area (Å²) in [6.07, 6.45) is 0.667. The van der Waals surface area contributed by atoms with E-state index in [1.165, 1.54) is 30.2 Å². The number of nitrogens with zero attached hydrogens (tertiary/aromatic N) is 1. The monoisotopic (exact) mass is 287 g/mol. The van der Waals surface area contributed by atoms with Crippen molar-refractivity contribution in [2.45, 2.75) is 0 Å². The SMILES string of the molecule is COc1ccc(C(=O)c2ccc(N(C)C=O)cc2)c(F)c1. The summed E-state index contributed by atoms with van der Waals surface area (Å²) in [6, 6.07) is 10.5. The smallest absolute Gasteiger partial charge is 0.213 e. The van der Waals surface area contributed by atoms with Gasteiger partial charge in [-0.3, -0.25) is 9.59 Å². The highest BCUT2D eigenvalue weighted by Gasteiger charge is 2.15. The molecule has 0 saturated heterocycles. The van der Waals surface area contributed by atoms with E-state index < -0.39 is 11.6 Å². The lowest BCUT2D eigenvalue weighted by molar-refractivity contribution is -0.107. The van der Waals surface area contributed by atoms with Crippen LogP contribution in [0.25, 0.3) is 0 Å². The van der Waals surface area contributed by atoms with Crippen molar-refractivity contribution in [3.8, 4) is 5.75 Å². The molecule has 108 valence electrons. The number of rotatable bonds is 5. The van der Waals surface area contributed by atoms with Crippen molar-refractivity contribution in [3.63, 3.8) is 0 Å². The topological polar surface area (TPSA) is 46.6 Å². The van der Waals surface area contributed by atoms with Gasteiger partial charge in [0.15, 0.2) is 5.78 Å². The number of ether oxygens (including phenoxy) is 1. The van der Waals surface area contributed by atoms with Crippen LogP contribution < -0.4 is 9.64 Å². The number of carbonyl (C=O) groups excluding carboxylic acids is 2. The largest absolute Gasteiger partial charge is 0.497 e. The van der Waals surface area contributed by atoms with Gasteiger partial charge in [-0.05, 0) is 36.4 Å². The van der Waals surface area contributed by atoms with E-state index in [0.717, 1.165) is 0 Å². The van der Waals surface area contributed by atoms with Gasteiger partial charge in [0.1, 0.15) is 11.6 Å². The summed E-state index contributed by atoms with van der Waals surface area (Å²) >= 11 is 0. The maximum Gasteiger partial charge on any atom is 0.213 e. The Kier molecular flexibility index (Phi) is 4.33. The number of amides is 1. The highest BCUT2D eigenvalue weighted by molar-refractivity contribution is 6.09. The van der Waals surface area contributed by atoms with Crippen molar-refractivity contribution in [2.75, 3.05) is 19.1 Å². The second-order valence-electron chi connectivity index (χ2n) is 4.44. The van der Waals surface area contributed by atoms with E-state index in [2.05, 4.69) is 0 Å². The van der Waals surface area contributed by atoms with Crippen molar-refractivity contribution >= 4 is 17.9 Å². The molecular formula is C16H14FNO3. The van der Waals surface area contributed by atoms with Crippen molar-refractivity contribution in [2.24, 2.45) is 0 Å². The number of carbonyl (C=O) groups is 2. The highest BCUT2D eigenvalue weighted by Crippen LogP contribution is 2.20. The summed E-state index contributed by atoms with van der Waals surface area (Å²) in [6.45, 7) is 0. The summed E-state index contributed by atoms with van der Waals surface area (Å²) in [5.74, 6) is -0.698. The van der Waals surface area contributed by atoms with Crippen LogP contribution in [-0.4, -0.2) is 26.4 Å². The van der Waals surface area contributed by atoms with E-state index in [9.17, 15) is 14.0 Å². The summed E-state index contributed by atoms with van der Waals surface area (Å²) < 4.78 is 18.8. The molecule has 4 nitrogen and oxygen atoms in total. The Bertz CT molecular complexity index is 668. The van der Waals surface area contributed by atoms with Gasteiger partial charge in [0.25, 0.3) is 0 Å². The quantitative estimate of drug-likeness (QED) is 0.627. The van der Waals surface area contributed by atoms with E-state index in [-0.39, 0.29) is 5.56 Å². The van der Waals surface area contributed by atoms with Crippen LogP contribution in [0.4, 0.5) is 10.1 Å². The number of halogens is 1. The van der Waals surface area contributed by atoms with Crippen LogP contribution in [0.3, 0.4) is 0 Å². The number of benzene rings is 2. The Balaban J connectivity index is 2.29. The van der Waals surface area contributed by atoms with Gasteiger partial charge in [-0.2, -0.15) is 0 Å². The average molecular weight is 287 g/mol. The minimum Gasteiger partial charge on any atom is -0.497 e. The molecule has 0 unspecified atom stereocenters. The first-order valence-electron chi connectivity index (χ1n) is 6.23. The zero-order valence-corrected chi connectivity index (χ0v) is 11.7. The van der Waals surface area contributed by atoms with Crippen LogP contribution in [0.15, 0.2) is 42.5 Å². The second kappa shape index (κ2) is 6.17. The molecule has 0 aromatic heterocycles. The third-order valence-electron chi connectivity index (χ3n) is 3.12. The molecule has 5 heteroatoms. The Hall–Kier alpha value is -2.69. The third-order valence-corrected chi connectivity index (χ3v) is 3.12. The molecule has 0 heterocycles. The van der Waals surface area contributed by atoms with E-state index in [4.69, 9.17) is 4.74 Å². The first-order valence-corrected chi connectivity index (χ1v) is 6.23. The fraction of sp³-hybridized carbons (Fsp3) is 0.125. The number of anilines is 1. The lowest BCUT2D eigenvalue weighted by atomic mass is 10.0. The van der Waals surface area contributed by atoms with Crippen LogP contribution >= 0.6 is 0 Å². The standard InChI is InChI=1S/C16H14FNO3/c1-18(10-19)12-5-3-11(4-6-12)16(20)14-8-7-13(21-2)9-15(14)17/h3-10H,1-2H3. The van der Waals surface area contributed by atoms with Crippen LogP contribution in [0.5, 0.6) is 5.75 Å². The first kappa shape index (κ1) is 14.7. The fourth-order valence-corrected chi connectivity index (χ4v) is 1.87. The number of ketones is 1. The molecule has 0 aliphatic carbocycles. The molecule has 2 aromatic carbocycles. The van der Waals surface area contributed by atoms with Crippen LogP contribution in [0, 0.1) is 5.82 Å². The fourth-order valence-electron chi connectivity index (χ4n) is 1.87. The molecule has 2 rings (SSSR count). The number of methoxy groups -OCH3 is 1. The summed E-state index contributed by atoms with van der Waals surface area (Å²) in [5, 5.41) is 0. The predicted octanol–water partition coefficient (Wildman–Crippen LogP) is 2.66. The van der Waals surface area contributed by atoms with E-state index >= 15 is 0 Å². The molecule has 1 amide bonds. The normalized spacial score (nSPS) is 10.0. The summed E-state index contributed by atoms with van der Waals surface area (Å²) in [4.78, 5) is 24.3. The zero-order chi connectivity index (χ0) is 15.4. The maximum absolute atomic E-state index is 13.9. The lowest BCUT2D eigenvalue weighted by Crippen LogP contribution is -2.13. The van der Waals surface area contributed by atoms with Crippen molar-refractivity contribution in [1.82, 2.24) is 0 Å². The Morgan fingerprint density at radius 1 is 1.19 bits per heavy atom. The summed E-state index contributed by atoms with van der Waals surface area (Å²) in [5.41, 5.74) is 0.978. The molecule has 0 radical (unpaired) electrons. The van der Waals surface area contributed by atoms with Gasteiger partial charge in [-0.1, -0.05) is 0 Å². The lowest BCUT2D eigenvalue weighted by Gasteiger charge is -2.11. The summed E-state index contributed by atoms with van der Waals surface area (Å²) in [7, 11) is 3.03. The van der Waals surface area contributed by atoms with Gasteiger partial charge in [-0.15, -0.1) is 0 Å².